The molecular formula is C22H22O3S. The van der Waals surface area contributed by atoms with Gasteiger partial charge in [0.1, 0.15) is 0 Å². The fourth-order valence-electron chi connectivity index (χ4n) is 3.34. The van der Waals surface area contributed by atoms with Crippen LogP contribution in [-0.2, 0) is 10.1 Å². The minimum absolute atomic E-state index is 0.0773. The van der Waals surface area contributed by atoms with Gasteiger partial charge in [-0.3, -0.25) is 4.55 Å². The summed E-state index contributed by atoms with van der Waals surface area (Å²) in [6.07, 6.45) is 0. The Morgan fingerprint density at radius 2 is 1.23 bits per heavy atom. The Bertz CT molecular complexity index is 960. The number of hydrogen-bond donors (Lipinski definition) is 1. The van der Waals surface area contributed by atoms with E-state index in [1.807, 2.05) is 18.2 Å². The molecule has 0 heterocycles. The van der Waals surface area contributed by atoms with Crippen LogP contribution in [0.15, 0.2) is 83.8 Å². The van der Waals surface area contributed by atoms with Gasteiger partial charge in [-0.25, -0.2) is 0 Å². The van der Waals surface area contributed by atoms with Gasteiger partial charge in [0.05, 0.1) is 4.90 Å². The fourth-order valence-corrected chi connectivity index (χ4v) is 3.82. The smallest absolute Gasteiger partial charge is 0.282 e. The van der Waals surface area contributed by atoms with E-state index in [0.717, 1.165) is 5.56 Å². The number of rotatable bonds is 5. The average molecular weight is 366 g/mol. The Labute approximate surface area is 155 Å². The van der Waals surface area contributed by atoms with Crippen molar-refractivity contribution in [2.24, 2.45) is 0 Å². The second kappa shape index (κ2) is 7.44. The molecule has 3 aromatic carbocycles. The van der Waals surface area contributed by atoms with Crippen LogP contribution in [0.3, 0.4) is 0 Å². The third-order valence-corrected chi connectivity index (χ3v) is 5.67. The van der Waals surface area contributed by atoms with Crippen LogP contribution >= 0.6 is 0 Å². The Morgan fingerprint density at radius 3 is 1.73 bits per heavy atom. The van der Waals surface area contributed by atoms with Crippen LogP contribution in [0.5, 0.6) is 0 Å². The predicted octanol–water partition coefficient (Wildman–Crippen LogP) is 5.18. The van der Waals surface area contributed by atoms with Gasteiger partial charge in [0.2, 0.25) is 0 Å². The Balaban J connectivity index is 2.07. The van der Waals surface area contributed by atoms with Crippen molar-refractivity contribution in [1.82, 2.24) is 0 Å². The maximum Gasteiger partial charge on any atom is 0.294 e. The molecule has 0 aliphatic rings. The third kappa shape index (κ3) is 4.03. The highest BCUT2D eigenvalue weighted by Crippen LogP contribution is 2.38. The van der Waals surface area contributed by atoms with E-state index < -0.39 is 10.1 Å². The van der Waals surface area contributed by atoms with E-state index in [4.69, 9.17) is 0 Å². The molecule has 0 bridgehead atoms. The molecule has 2 atom stereocenters. The predicted molar refractivity (Wildman–Crippen MR) is 104 cm³/mol. The van der Waals surface area contributed by atoms with Crippen LogP contribution < -0.4 is 0 Å². The fraction of sp³-hybridized carbons (Fsp3) is 0.182. The molecule has 0 aliphatic carbocycles. The number of aryl methyl sites for hydroxylation is 1. The third-order valence-electron chi connectivity index (χ3n) is 4.80. The Kier molecular flexibility index (Phi) is 5.25. The molecule has 0 aromatic heterocycles. The molecule has 0 saturated heterocycles. The van der Waals surface area contributed by atoms with E-state index in [2.05, 4.69) is 50.2 Å². The standard InChI is InChI=1S/C22H22O3S/c1-16-8-10-19(11-9-16)22(17(2)18-6-4-3-5-7-18)20-12-14-21(15-13-20)26(23,24)25/h3-15,17,22H,1-2H3,(H,23,24,25). The second-order valence-electron chi connectivity index (χ2n) is 6.63. The summed E-state index contributed by atoms with van der Waals surface area (Å²) in [6.45, 7) is 4.23. The van der Waals surface area contributed by atoms with Gasteiger partial charge >= 0.3 is 0 Å². The molecule has 0 spiro atoms. The second-order valence-corrected chi connectivity index (χ2v) is 8.05. The van der Waals surface area contributed by atoms with E-state index in [1.54, 1.807) is 12.1 Å². The molecule has 26 heavy (non-hydrogen) atoms. The van der Waals surface area contributed by atoms with E-state index in [-0.39, 0.29) is 16.7 Å². The zero-order chi connectivity index (χ0) is 18.7. The van der Waals surface area contributed by atoms with Crippen LogP contribution in [0.1, 0.15) is 41.0 Å². The van der Waals surface area contributed by atoms with E-state index >= 15 is 0 Å². The van der Waals surface area contributed by atoms with Crippen molar-refractivity contribution in [3.05, 3.63) is 101 Å². The molecule has 2 unspecified atom stereocenters. The maximum absolute atomic E-state index is 11.3. The van der Waals surface area contributed by atoms with Crippen molar-refractivity contribution in [3.63, 3.8) is 0 Å². The molecule has 0 radical (unpaired) electrons. The summed E-state index contributed by atoms with van der Waals surface area (Å²) in [5.41, 5.74) is 4.60. The van der Waals surface area contributed by atoms with Gasteiger partial charge in [0.25, 0.3) is 10.1 Å². The van der Waals surface area contributed by atoms with Gasteiger partial charge in [0, 0.05) is 5.92 Å². The molecule has 3 nitrogen and oxygen atoms in total. The minimum Gasteiger partial charge on any atom is -0.282 e. The Hall–Kier alpha value is -2.43. The molecule has 4 heteroatoms. The van der Waals surface area contributed by atoms with Crippen molar-refractivity contribution >= 4 is 10.1 Å². The summed E-state index contributed by atoms with van der Waals surface area (Å²) >= 11 is 0. The normalized spacial score (nSPS) is 14.0. The van der Waals surface area contributed by atoms with Crippen molar-refractivity contribution in [3.8, 4) is 0 Å². The monoisotopic (exact) mass is 366 g/mol. The van der Waals surface area contributed by atoms with Crippen LogP contribution in [0.2, 0.25) is 0 Å². The van der Waals surface area contributed by atoms with Gasteiger partial charge in [-0.05, 0) is 41.7 Å². The van der Waals surface area contributed by atoms with Gasteiger partial charge in [0.15, 0.2) is 0 Å². The van der Waals surface area contributed by atoms with Crippen molar-refractivity contribution in [1.29, 1.82) is 0 Å². The molecule has 1 N–H and O–H groups in total. The first-order valence-corrected chi connectivity index (χ1v) is 9.99. The lowest BCUT2D eigenvalue weighted by Crippen LogP contribution is -2.11. The molecule has 0 amide bonds. The SMILES string of the molecule is Cc1ccc(C(c2ccc(S(=O)(=O)O)cc2)C(C)c2ccccc2)cc1. The maximum atomic E-state index is 11.3. The van der Waals surface area contributed by atoms with E-state index in [1.165, 1.54) is 28.8 Å². The van der Waals surface area contributed by atoms with Crippen molar-refractivity contribution < 1.29 is 13.0 Å². The van der Waals surface area contributed by atoms with E-state index in [0.29, 0.717) is 0 Å². The van der Waals surface area contributed by atoms with Gasteiger partial charge in [-0.1, -0.05) is 79.2 Å². The minimum atomic E-state index is -4.19. The highest BCUT2D eigenvalue weighted by Gasteiger charge is 2.23. The largest absolute Gasteiger partial charge is 0.294 e. The van der Waals surface area contributed by atoms with E-state index in [9.17, 15) is 13.0 Å². The van der Waals surface area contributed by atoms with Crippen molar-refractivity contribution in [2.45, 2.75) is 30.6 Å². The first-order chi connectivity index (χ1) is 12.4. The average Bonchev–Trinajstić information content (AvgIpc) is 2.64. The summed E-state index contributed by atoms with van der Waals surface area (Å²) in [4.78, 5) is -0.0868. The lowest BCUT2D eigenvalue weighted by atomic mass is 9.78. The van der Waals surface area contributed by atoms with Gasteiger partial charge in [-0.15, -0.1) is 0 Å². The summed E-state index contributed by atoms with van der Waals surface area (Å²) in [7, 11) is -4.19. The molecule has 3 rings (SSSR count). The van der Waals surface area contributed by atoms with Crippen LogP contribution in [0, 0.1) is 6.92 Å². The summed E-state index contributed by atoms with van der Waals surface area (Å²) in [6, 6.07) is 25.2. The van der Waals surface area contributed by atoms with Gasteiger partial charge in [-0.2, -0.15) is 8.42 Å². The van der Waals surface area contributed by atoms with Gasteiger partial charge < -0.3 is 0 Å². The zero-order valence-corrected chi connectivity index (χ0v) is 15.6. The highest BCUT2D eigenvalue weighted by atomic mass is 32.2. The highest BCUT2D eigenvalue weighted by molar-refractivity contribution is 7.85. The molecule has 134 valence electrons. The summed E-state index contributed by atoms with van der Waals surface area (Å²) < 4.78 is 31.9. The quantitative estimate of drug-likeness (QED) is 0.633. The topological polar surface area (TPSA) is 54.4 Å². The lowest BCUT2D eigenvalue weighted by molar-refractivity contribution is 0.483. The molecule has 3 aromatic rings. The zero-order valence-electron chi connectivity index (χ0n) is 14.8. The first-order valence-electron chi connectivity index (χ1n) is 8.55. The van der Waals surface area contributed by atoms with Crippen LogP contribution in [-0.4, -0.2) is 13.0 Å². The molecule has 0 saturated carbocycles. The number of benzene rings is 3. The molecular weight excluding hydrogens is 344 g/mol. The van der Waals surface area contributed by atoms with Crippen molar-refractivity contribution in [2.75, 3.05) is 0 Å². The van der Waals surface area contributed by atoms with Crippen LogP contribution in [0.25, 0.3) is 0 Å². The molecule has 0 fully saturated rings. The molecule has 0 aliphatic heterocycles. The summed E-state index contributed by atoms with van der Waals surface area (Å²) in [5.74, 6) is 0.281. The van der Waals surface area contributed by atoms with Crippen LogP contribution in [0.4, 0.5) is 0 Å². The first kappa shape index (κ1) is 18.4. The lowest BCUT2D eigenvalue weighted by Gasteiger charge is -2.26. The Morgan fingerprint density at radius 1 is 0.731 bits per heavy atom. The number of hydrogen-bond acceptors (Lipinski definition) is 2. The summed E-state index contributed by atoms with van der Waals surface area (Å²) in [5, 5.41) is 0.